The molecule has 0 N–H and O–H groups in total. The fourth-order valence-corrected chi connectivity index (χ4v) is 4.16. The van der Waals surface area contributed by atoms with Crippen LogP contribution in [0.4, 0.5) is 13.2 Å². The molecule has 1 saturated carbocycles. The van der Waals surface area contributed by atoms with Crippen LogP contribution < -0.4 is 0 Å². The van der Waals surface area contributed by atoms with Crippen LogP contribution in [0.25, 0.3) is 11.0 Å². The zero-order chi connectivity index (χ0) is 20.1. The Morgan fingerprint density at radius 2 is 1.96 bits per heavy atom. The molecule has 0 radical (unpaired) electrons. The normalized spacial score (nSPS) is 22.3. The second kappa shape index (κ2) is 7.02. The van der Waals surface area contributed by atoms with Crippen LogP contribution in [0.3, 0.4) is 0 Å². The topological polar surface area (TPSA) is 54.3 Å². The van der Waals surface area contributed by atoms with E-state index in [9.17, 15) is 18.0 Å². The predicted octanol–water partition coefficient (Wildman–Crippen LogP) is 2.93. The lowest BCUT2D eigenvalue weighted by molar-refractivity contribution is -0.141. The predicted molar refractivity (Wildman–Crippen MR) is 97.8 cm³/mol. The monoisotopic (exact) mass is 395 g/mol. The first-order valence-corrected chi connectivity index (χ1v) is 9.67. The third-order valence-corrected chi connectivity index (χ3v) is 5.85. The summed E-state index contributed by atoms with van der Waals surface area (Å²) in [4.78, 5) is 20.8. The highest BCUT2D eigenvalue weighted by Crippen LogP contribution is 2.33. The molecule has 1 amide bonds. The number of halogens is 3. The Morgan fingerprint density at radius 1 is 1.21 bits per heavy atom. The molecule has 1 aliphatic heterocycles. The average molecular weight is 395 g/mol. The van der Waals surface area contributed by atoms with Crippen LogP contribution in [-0.2, 0) is 13.2 Å². The van der Waals surface area contributed by atoms with Gasteiger partial charge in [0.05, 0.1) is 17.3 Å². The van der Waals surface area contributed by atoms with Gasteiger partial charge in [0.1, 0.15) is 5.52 Å². The summed E-state index contributed by atoms with van der Waals surface area (Å²) < 4.78 is 42.3. The van der Waals surface area contributed by atoms with Crippen molar-refractivity contribution in [3.8, 4) is 0 Å². The fraction of sp³-hybridized carbons (Fsp3) is 0.632. The molecule has 2 aromatic rings. The third-order valence-electron chi connectivity index (χ3n) is 5.85. The van der Waals surface area contributed by atoms with E-state index in [2.05, 4.69) is 15.0 Å². The van der Waals surface area contributed by atoms with Gasteiger partial charge in [-0.3, -0.25) is 14.4 Å². The molecule has 152 valence electrons. The van der Waals surface area contributed by atoms with Gasteiger partial charge < -0.3 is 4.90 Å². The number of fused-ring (bicyclic) bond motifs is 1. The van der Waals surface area contributed by atoms with Gasteiger partial charge in [-0.1, -0.05) is 13.3 Å². The third kappa shape index (κ3) is 3.47. The summed E-state index contributed by atoms with van der Waals surface area (Å²) in [6.07, 6.45) is 0.136. The van der Waals surface area contributed by atoms with Gasteiger partial charge in [-0.15, -0.1) is 0 Å². The van der Waals surface area contributed by atoms with Gasteiger partial charge in [-0.2, -0.15) is 18.3 Å². The summed E-state index contributed by atoms with van der Waals surface area (Å²) in [6, 6.07) is 1.83. The van der Waals surface area contributed by atoms with E-state index in [0.717, 1.165) is 6.54 Å². The van der Waals surface area contributed by atoms with Crippen molar-refractivity contribution in [1.29, 1.82) is 0 Å². The molecule has 0 bridgehead atoms. The molecule has 28 heavy (non-hydrogen) atoms. The van der Waals surface area contributed by atoms with Crippen molar-refractivity contribution in [2.24, 2.45) is 13.0 Å². The van der Waals surface area contributed by atoms with Crippen molar-refractivity contribution < 1.29 is 18.0 Å². The Bertz CT molecular complexity index is 890. The number of hydrogen-bond acceptors (Lipinski definition) is 4. The summed E-state index contributed by atoms with van der Waals surface area (Å²) >= 11 is 0. The lowest BCUT2D eigenvalue weighted by atomic mass is 9.91. The Balaban J connectivity index is 1.66. The Hall–Kier alpha value is -2.16. The van der Waals surface area contributed by atoms with Crippen molar-refractivity contribution in [2.75, 3.05) is 26.2 Å². The maximum absolute atomic E-state index is 13.6. The van der Waals surface area contributed by atoms with Crippen LogP contribution >= 0.6 is 0 Å². The summed E-state index contributed by atoms with van der Waals surface area (Å²) in [7, 11) is 1.62. The summed E-state index contributed by atoms with van der Waals surface area (Å²) in [5, 5.41) is 3.96. The quantitative estimate of drug-likeness (QED) is 0.785. The number of carbonyl (C=O) groups excluding carboxylic acids is 1. The van der Waals surface area contributed by atoms with Gasteiger partial charge in [0.25, 0.3) is 5.91 Å². The van der Waals surface area contributed by atoms with Crippen molar-refractivity contribution in [3.63, 3.8) is 0 Å². The average Bonchev–Trinajstić information content (AvgIpc) is 2.83. The molecular formula is C19H24F3N5O. The van der Waals surface area contributed by atoms with E-state index in [-0.39, 0.29) is 11.4 Å². The van der Waals surface area contributed by atoms with E-state index >= 15 is 0 Å². The number of nitrogens with zero attached hydrogens (tertiary/aromatic N) is 5. The SMILES string of the molecule is CC1CN(C(=O)c2cc3c(cnn3C)nc2C(F)(F)F)CCN(C2CCC2)C1. The molecule has 3 heterocycles. The maximum Gasteiger partial charge on any atom is 0.434 e. The molecule has 1 atom stereocenters. The molecule has 6 nitrogen and oxygen atoms in total. The van der Waals surface area contributed by atoms with Crippen LogP contribution in [0.2, 0.25) is 0 Å². The number of amides is 1. The second-order valence-electron chi connectivity index (χ2n) is 7.99. The zero-order valence-electron chi connectivity index (χ0n) is 16.0. The Morgan fingerprint density at radius 3 is 2.61 bits per heavy atom. The first kappa shape index (κ1) is 19.2. The van der Waals surface area contributed by atoms with Gasteiger partial charge in [-0.25, -0.2) is 4.98 Å². The van der Waals surface area contributed by atoms with E-state index in [0.29, 0.717) is 31.2 Å². The zero-order valence-corrected chi connectivity index (χ0v) is 16.0. The van der Waals surface area contributed by atoms with E-state index in [4.69, 9.17) is 0 Å². The molecule has 2 aliphatic rings. The number of aryl methyl sites for hydroxylation is 1. The molecule has 0 spiro atoms. The van der Waals surface area contributed by atoms with Crippen LogP contribution in [0.15, 0.2) is 12.3 Å². The fourth-order valence-electron chi connectivity index (χ4n) is 4.16. The smallest absolute Gasteiger partial charge is 0.337 e. The second-order valence-corrected chi connectivity index (χ2v) is 7.99. The van der Waals surface area contributed by atoms with E-state index in [1.165, 1.54) is 36.2 Å². The highest BCUT2D eigenvalue weighted by Gasteiger charge is 2.40. The molecule has 4 rings (SSSR count). The number of hydrogen-bond donors (Lipinski definition) is 0. The molecule has 1 unspecified atom stereocenters. The minimum atomic E-state index is -4.70. The molecule has 1 aliphatic carbocycles. The first-order chi connectivity index (χ1) is 13.2. The van der Waals surface area contributed by atoms with Gasteiger partial charge >= 0.3 is 6.18 Å². The summed E-state index contributed by atoms with van der Waals surface area (Å²) in [5.74, 6) is -0.403. The lowest BCUT2D eigenvalue weighted by Crippen LogP contribution is -2.43. The largest absolute Gasteiger partial charge is 0.434 e. The number of carbonyl (C=O) groups is 1. The van der Waals surface area contributed by atoms with Crippen LogP contribution in [-0.4, -0.2) is 62.7 Å². The molecule has 9 heteroatoms. The molecule has 2 fully saturated rings. The van der Waals surface area contributed by atoms with Crippen molar-refractivity contribution in [1.82, 2.24) is 24.6 Å². The summed E-state index contributed by atoms with van der Waals surface area (Å²) in [6.45, 7) is 4.50. The minimum Gasteiger partial charge on any atom is -0.337 e. The van der Waals surface area contributed by atoms with Gasteiger partial charge in [0, 0.05) is 39.3 Å². The summed E-state index contributed by atoms with van der Waals surface area (Å²) in [5.41, 5.74) is -0.985. The van der Waals surface area contributed by atoms with Gasteiger partial charge in [-0.05, 0) is 24.8 Å². The van der Waals surface area contributed by atoms with Gasteiger partial charge in [0.15, 0.2) is 5.69 Å². The number of rotatable bonds is 2. The number of pyridine rings is 1. The van der Waals surface area contributed by atoms with E-state index < -0.39 is 23.3 Å². The van der Waals surface area contributed by atoms with Gasteiger partial charge in [0.2, 0.25) is 0 Å². The van der Waals surface area contributed by atoms with Crippen LogP contribution in [0.1, 0.15) is 42.2 Å². The standard InChI is InChI=1S/C19H24F3N5O/c1-12-10-26(13-4-3-5-13)6-7-27(11-12)18(28)14-8-16-15(9-23-25(16)2)24-17(14)19(20,21)22/h8-9,12-13H,3-7,10-11H2,1-2H3. The first-order valence-electron chi connectivity index (χ1n) is 9.67. The van der Waals surface area contributed by atoms with E-state index in [1.54, 1.807) is 11.9 Å². The van der Waals surface area contributed by atoms with Crippen molar-refractivity contribution >= 4 is 16.9 Å². The van der Waals surface area contributed by atoms with Crippen molar-refractivity contribution in [3.05, 3.63) is 23.5 Å². The lowest BCUT2D eigenvalue weighted by Gasteiger charge is -2.37. The Kier molecular flexibility index (Phi) is 4.81. The van der Waals surface area contributed by atoms with E-state index in [1.807, 2.05) is 6.92 Å². The molecule has 1 saturated heterocycles. The molecule has 0 aromatic carbocycles. The molecule has 2 aromatic heterocycles. The van der Waals surface area contributed by atoms with Crippen LogP contribution in [0, 0.1) is 5.92 Å². The van der Waals surface area contributed by atoms with Crippen molar-refractivity contribution in [2.45, 2.75) is 38.4 Å². The minimum absolute atomic E-state index is 0.131. The molecular weight excluding hydrogens is 371 g/mol. The van der Waals surface area contributed by atoms with Crippen LogP contribution in [0.5, 0.6) is 0 Å². The highest BCUT2D eigenvalue weighted by molar-refractivity contribution is 5.98. The number of aromatic nitrogens is 3. The number of alkyl halides is 3. The maximum atomic E-state index is 13.6. The Labute approximate surface area is 161 Å². The highest BCUT2D eigenvalue weighted by atomic mass is 19.4.